The number of unbranched alkanes of at least 4 members (excludes halogenated alkanes) is 2. The maximum absolute atomic E-state index is 12.8. The minimum atomic E-state index is -0.410. The van der Waals surface area contributed by atoms with Crippen LogP contribution >= 0.6 is 11.8 Å². The highest BCUT2D eigenvalue weighted by atomic mass is 32.2. The van der Waals surface area contributed by atoms with E-state index < -0.39 is 5.25 Å². The zero-order valence-corrected chi connectivity index (χ0v) is 17.9. The molecular formula is C21H31N3O3S. The molecule has 1 atom stereocenters. The van der Waals surface area contributed by atoms with Gasteiger partial charge in [-0.1, -0.05) is 44.5 Å². The number of amides is 2. The lowest BCUT2D eigenvalue weighted by molar-refractivity contribution is -0.128. The average molecular weight is 406 g/mol. The van der Waals surface area contributed by atoms with E-state index >= 15 is 0 Å². The molecule has 2 amide bonds. The normalized spacial score (nSPS) is 18.0. The zero-order chi connectivity index (χ0) is 20.4. The number of ether oxygens (including phenoxy) is 1. The van der Waals surface area contributed by atoms with E-state index in [1.54, 1.807) is 11.0 Å². The Morgan fingerprint density at radius 3 is 2.75 bits per heavy atom. The zero-order valence-electron chi connectivity index (χ0n) is 17.1. The number of rotatable bonds is 11. The first-order valence-electron chi connectivity index (χ1n) is 10.1. The number of nitrogens with one attached hydrogen (secondary N) is 1. The van der Waals surface area contributed by atoms with Crippen molar-refractivity contribution >= 4 is 34.4 Å². The van der Waals surface area contributed by atoms with Crippen LogP contribution in [0.3, 0.4) is 0 Å². The van der Waals surface area contributed by atoms with Crippen molar-refractivity contribution in [3.63, 3.8) is 0 Å². The Hall–Kier alpha value is -2.02. The summed E-state index contributed by atoms with van der Waals surface area (Å²) in [5, 5.41) is 3.23. The van der Waals surface area contributed by atoms with Gasteiger partial charge in [0, 0.05) is 31.3 Å². The minimum Gasteiger partial charge on any atom is -0.494 e. The van der Waals surface area contributed by atoms with Crippen molar-refractivity contribution in [2.45, 2.75) is 58.1 Å². The summed E-state index contributed by atoms with van der Waals surface area (Å²) in [5.74, 6) is 0.527. The fourth-order valence-electron chi connectivity index (χ4n) is 2.83. The van der Waals surface area contributed by atoms with Gasteiger partial charge >= 0.3 is 0 Å². The van der Waals surface area contributed by atoms with Crippen molar-refractivity contribution in [3.05, 3.63) is 24.3 Å². The number of carbonyl (C=O) groups excluding carboxylic acids is 2. The second-order valence-corrected chi connectivity index (χ2v) is 7.85. The van der Waals surface area contributed by atoms with Gasteiger partial charge < -0.3 is 10.1 Å². The van der Waals surface area contributed by atoms with Crippen LogP contribution in [0, 0.1) is 0 Å². The lowest BCUT2D eigenvalue weighted by Crippen LogP contribution is -2.34. The van der Waals surface area contributed by atoms with Crippen LogP contribution in [-0.2, 0) is 9.59 Å². The molecule has 1 fully saturated rings. The summed E-state index contributed by atoms with van der Waals surface area (Å²) >= 11 is 1.42. The van der Waals surface area contributed by atoms with Crippen LogP contribution in [0.1, 0.15) is 52.9 Å². The molecule has 154 valence electrons. The smallest absolute Gasteiger partial charge is 0.242 e. The molecular weight excluding hydrogens is 374 g/mol. The van der Waals surface area contributed by atoms with Crippen LogP contribution in [0.5, 0.6) is 5.75 Å². The first-order valence-corrected chi connectivity index (χ1v) is 11.0. The third kappa shape index (κ3) is 6.55. The second kappa shape index (κ2) is 11.7. The van der Waals surface area contributed by atoms with E-state index in [0.29, 0.717) is 24.6 Å². The van der Waals surface area contributed by atoms with Crippen LogP contribution in [0.25, 0.3) is 0 Å². The Morgan fingerprint density at radius 2 is 2.04 bits per heavy atom. The largest absolute Gasteiger partial charge is 0.494 e. The molecule has 6 nitrogen and oxygen atoms in total. The third-order valence-electron chi connectivity index (χ3n) is 4.31. The molecule has 1 aliphatic rings. The summed E-state index contributed by atoms with van der Waals surface area (Å²) in [6.45, 7) is 8.09. The monoisotopic (exact) mass is 405 g/mol. The van der Waals surface area contributed by atoms with Crippen molar-refractivity contribution in [3.8, 4) is 5.75 Å². The summed E-state index contributed by atoms with van der Waals surface area (Å²) in [5.41, 5.74) is 0.672. The van der Waals surface area contributed by atoms with Crippen molar-refractivity contribution in [1.82, 2.24) is 4.90 Å². The molecule has 1 aromatic rings. The quantitative estimate of drug-likeness (QED) is 0.557. The van der Waals surface area contributed by atoms with Gasteiger partial charge in [0.1, 0.15) is 11.0 Å². The van der Waals surface area contributed by atoms with Crippen LogP contribution in [-0.4, -0.2) is 46.8 Å². The highest BCUT2D eigenvalue weighted by molar-refractivity contribution is 8.15. The Kier molecular flexibility index (Phi) is 9.34. The van der Waals surface area contributed by atoms with Gasteiger partial charge in [0.25, 0.3) is 0 Å². The average Bonchev–Trinajstić information content (AvgIpc) is 2.95. The second-order valence-electron chi connectivity index (χ2n) is 6.68. The number of hydrogen-bond donors (Lipinski definition) is 1. The standard InChI is InChI=1S/C21H31N3O3S/c1-4-7-12-22-21-24(13-8-5-2)20(26)18(28-21)15-19(25)23-16-10-9-11-17(14-16)27-6-3/h9-11,14,18H,4-8,12-13,15H2,1-3H3,(H,23,25)/t18-/m0/s1. The minimum absolute atomic E-state index is 0.00749. The number of benzene rings is 1. The summed E-state index contributed by atoms with van der Waals surface area (Å²) in [4.78, 5) is 31.7. The van der Waals surface area contributed by atoms with Crippen molar-refractivity contribution < 1.29 is 14.3 Å². The SMILES string of the molecule is CCCCN=C1S[C@@H](CC(=O)Nc2cccc(OCC)c2)C(=O)N1CCCC. The molecule has 0 aliphatic carbocycles. The number of anilines is 1. The Morgan fingerprint density at radius 1 is 1.25 bits per heavy atom. The van der Waals surface area contributed by atoms with Crippen molar-refractivity contribution in [2.24, 2.45) is 4.99 Å². The summed E-state index contributed by atoms with van der Waals surface area (Å²) in [6, 6.07) is 7.28. The maximum atomic E-state index is 12.8. The number of hydrogen-bond acceptors (Lipinski definition) is 5. The van der Waals surface area contributed by atoms with E-state index in [9.17, 15) is 9.59 Å². The molecule has 0 spiro atoms. The molecule has 1 aliphatic heterocycles. The van der Waals surface area contributed by atoms with E-state index in [1.807, 2.05) is 25.1 Å². The van der Waals surface area contributed by atoms with E-state index in [1.165, 1.54) is 11.8 Å². The lowest BCUT2D eigenvalue weighted by atomic mass is 10.2. The van der Waals surface area contributed by atoms with Gasteiger partial charge in [-0.3, -0.25) is 19.5 Å². The molecule has 0 bridgehead atoms. The summed E-state index contributed by atoms with van der Waals surface area (Å²) in [6.07, 6.45) is 4.15. The van der Waals surface area contributed by atoms with Crippen LogP contribution in [0.2, 0.25) is 0 Å². The predicted octanol–water partition coefficient (Wildman–Crippen LogP) is 4.31. The number of thioether (sulfide) groups is 1. The first-order chi connectivity index (χ1) is 13.6. The van der Waals surface area contributed by atoms with Crippen LogP contribution in [0.15, 0.2) is 29.3 Å². The molecule has 1 saturated heterocycles. The number of amidine groups is 1. The first kappa shape index (κ1) is 22.3. The van der Waals surface area contributed by atoms with E-state index in [-0.39, 0.29) is 18.2 Å². The van der Waals surface area contributed by atoms with Gasteiger partial charge in [0.2, 0.25) is 11.8 Å². The van der Waals surface area contributed by atoms with Gasteiger partial charge in [-0.25, -0.2) is 0 Å². The van der Waals surface area contributed by atoms with E-state index in [0.717, 1.165) is 37.4 Å². The highest BCUT2D eigenvalue weighted by Gasteiger charge is 2.38. The fraction of sp³-hybridized carbons (Fsp3) is 0.571. The molecule has 2 rings (SSSR count). The van der Waals surface area contributed by atoms with Gasteiger partial charge in [0.05, 0.1) is 6.61 Å². The van der Waals surface area contributed by atoms with Crippen LogP contribution in [0.4, 0.5) is 5.69 Å². The van der Waals surface area contributed by atoms with Crippen molar-refractivity contribution in [2.75, 3.05) is 25.0 Å². The van der Waals surface area contributed by atoms with E-state index in [4.69, 9.17) is 4.74 Å². The lowest BCUT2D eigenvalue weighted by Gasteiger charge is -2.16. The molecule has 0 unspecified atom stereocenters. The maximum Gasteiger partial charge on any atom is 0.242 e. The Bertz CT molecular complexity index is 693. The predicted molar refractivity (Wildman–Crippen MR) is 116 cm³/mol. The third-order valence-corrected chi connectivity index (χ3v) is 5.53. The Balaban J connectivity index is 1.99. The molecule has 0 aromatic heterocycles. The van der Waals surface area contributed by atoms with Crippen molar-refractivity contribution in [1.29, 1.82) is 0 Å². The van der Waals surface area contributed by atoms with Gasteiger partial charge in [0.15, 0.2) is 5.17 Å². The molecule has 1 N–H and O–H groups in total. The van der Waals surface area contributed by atoms with Gasteiger partial charge in [-0.15, -0.1) is 0 Å². The number of aliphatic imine (C=N–C) groups is 1. The topological polar surface area (TPSA) is 71.0 Å². The van der Waals surface area contributed by atoms with Crippen LogP contribution < -0.4 is 10.1 Å². The summed E-state index contributed by atoms with van der Waals surface area (Å²) in [7, 11) is 0. The fourth-order valence-corrected chi connectivity index (χ4v) is 4.02. The van der Waals surface area contributed by atoms with E-state index in [2.05, 4.69) is 24.2 Å². The van der Waals surface area contributed by atoms with Gasteiger partial charge in [-0.2, -0.15) is 0 Å². The molecule has 28 heavy (non-hydrogen) atoms. The highest BCUT2D eigenvalue weighted by Crippen LogP contribution is 2.30. The number of carbonyl (C=O) groups is 2. The molecule has 1 heterocycles. The molecule has 0 radical (unpaired) electrons. The summed E-state index contributed by atoms with van der Waals surface area (Å²) < 4.78 is 5.46. The van der Waals surface area contributed by atoms with Gasteiger partial charge in [-0.05, 0) is 31.9 Å². The molecule has 1 aromatic carbocycles. The molecule has 0 saturated carbocycles. The number of nitrogens with zero attached hydrogens (tertiary/aromatic N) is 2. The Labute approximate surface area is 172 Å². The molecule has 7 heteroatoms.